The van der Waals surface area contributed by atoms with Gasteiger partial charge in [0.15, 0.2) is 0 Å². The summed E-state index contributed by atoms with van der Waals surface area (Å²) >= 11 is 0. The molecule has 0 aromatic heterocycles. The van der Waals surface area contributed by atoms with Crippen molar-refractivity contribution in [2.24, 2.45) is 5.10 Å². The van der Waals surface area contributed by atoms with Crippen LogP contribution >= 0.6 is 0 Å². The average Bonchev–Trinajstić information content (AvgIpc) is 2.36. The number of carbonyl (C=O) groups is 1. The topological polar surface area (TPSA) is 59.9 Å². The van der Waals surface area contributed by atoms with Gasteiger partial charge in [-0.2, -0.15) is 5.10 Å². The molecule has 1 aromatic carbocycles. The summed E-state index contributed by atoms with van der Waals surface area (Å²) in [5.74, 6) is 0.795. The SMILES string of the molecule is CCOC(=O)N/N=C1\CCOc2ccccc21. The number of amides is 1. The summed E-state index contributed by atoms with van der Waals surface area (Å²) in [6.07, 6.45) is 0.132. The van der Waals surface area contributed by atoms with Gasteiger partial charge >= 0.3 is 6.09 Å². The third-order valence-electron chi connectivity index (χ3n) is 2.35. The molecule has 0 saturated carbocycles. The molecule has 1 aliphatic rings. The second kappa shape index (κ2) is 5.34. The maximum absolute atomic E-state index is 11.1. The molecule has 0 atom stereocenters. The highest BCUT2D eigenvalue weighted by Crippen LogP contribution is 2.24. The van der Waals surface area contributed by atoms with Crippen LogP contribution in [0.4, 0.5) is 4.79 Å². The van der Waals surface area contributed by atoms with E-state index in [0.29, 0.717) is 19.6 Å². The first kappa shape index (κ1) is 11.4. The normalized spacial score (nSPS) is 15.9. The number of para-hydroxylation sites is 1. The zero-order valence-corrected chi connectivity index (χ0v) is 9.60. The van der Waals surface area contributed by atoms with Crippen molar-refractivity contribution in [1.29, 1.82) is 0 Å². The van der Waals surface area contributed by atoms with Gasteiger partial charge in [0.05, 0.1) is 18.9 Å². The molecule has 5 heteroatoms. The quantitative estimate of drug-likeness (QED) is 0.795. The highest BCUT2D eigenvalue weighted by molar-refractivity contribution is 6.03. The summed E-state index contributed by atoms with van der Waals surface area (Å²) in [6, 6.07) is 7.61. The Balaban J connectivity index is 2.12. The molecule has 2 rings (SSSR count). The molecule has 1 heterocycles. The van der Waals surface area contributed by atoms with Crippen molar-refractivity contribution >= 4 is 11.8 Å². The summed E-state index contributed by atoms with van der Waals surface area (Å²) in [4.78, 5) is 11.1. The number of hydrogen-bond donors (Lipinski definition) is 1. The van der Waals surface area contributed by atoms with Gasteiger partial charge in [-0.05, 0) is 19.1 Å². The maximum atomic E-state index is 11.1. The second-order valence-electron chi connectivity index (χ2n) is 3.49. The van der Waals surface area contributed by atoms with Crippen LogP contribution in [0.1, 0.15) is 18.9 Å². The van der Waals surface area contributed by atoms with Crippen molar-refractivity contribution in [3.8, 4) is 5.75 Å². The second-order valence-corrected chi connectivity index (χ2v) is 3.49. The lowest BCUT2D eigenvalue weighted by molar-refractivity contribution is 0.152. The molecule has 0 saturated heterocycles. The molecule has 0 unspecified atom stereocenters. The number of carbonyl (C=O) groups excluding carboxylic acids is 1. The third kappa shape index (κ3) is 2.75. The first-order chi connectivity index (χ1) is 8.31. The molecule has 90 valence electrons. The van der Waals surface area contributed by atoms with Crippen LogP contribution in [0, 0.1) is 0 Å². The van der Waals surface area contributed by atoms with Gasteiger partial charge in [0.1, 0.15) is 5.75 Å². The number of fused-ring (bicyclic) bond motifs is 1. The van der Waals surface area contributed by atoms with Crippen LogP contribution in [-0.2, 0) is 4.74 Å². The van der Waals surface area contributed by atoms with Crippen LogP contribution in [0.15, 0.2) is 29.4 Å². The van der Waals surface area contributed by atoms with E-state index in [-0.39, 0.29) is 0 Å². The monoisotopic (exact) mass is 234 g/mol. The van der Waals surface area contributed by atoms with Gasteiger partial charge in [0.2, 0.25) is 0 Å². The van der Waals surface area contributed by atoms with Crippen molar-refractivity contribution in [3.63, 3.8) is 0 Å². The number of benzene rings is 1. The van der Waals surface area contributed by atoms with Crippen molar-refractivity contribution < 1.29 is 14.3 Å². The fourth-order valence-corrected chi connectivity index (χ4v) is 1.62. The molecule has 1 N–H and O–H groups in total. The zero-order valence-electron chi connectivity index (χ0n) is 9.60. The molecule has 1 aliphatic heterocycles. The molecule has 0 aliphatic carbocycles. The largest absolute Gasteiger partial charge is 0.492 e. The minimum absolute atomic E-state index is 0.330. The number of ether oxygens (including phenoxy) is 2. The van der Waals surface area contributed by atoms with Gasteiger partial charge in [0, 0.05) is 12.0 Å². The molecule has 0 spiro atoms. The summed E-state index contributed by atoms with van der Waals surface area (Å²) in [5.41, 5.74) is 4.08. The highest BCUT2D eigenvalue weighted by atomic mass is 16.5. The highest BCUT2D eigenvalue weighted by Gasteiger charge is 2.16. The first-order valence-electron chi connectivity index (χ1n) is 5.52. The molecule has 0 fully saturated rings. The number of nitrogens with zero attached hydrogens (tertiary/aromatic N) is 1. The van der Waals surface area contributed by atoms with Gasteiger partial charge in [-0.15, -0.1) is 0 Å². The van der Waals surface area contributed by atoms with E-state index in [0.717, 1.165) is 17.0 Å². The standard InChI is InChI=1S/C12H14N2O3/c1-2-16-12(15)14-13-10-7-8-17-11-6-4-3-5-9(10)11/h3-6H,2,7-8H2,1H3,(H,14,15)/b13-10+. The average molecular weight is 234 g/mol. The Bertz CT molecular complexity index is 443. The smallest absolute Gasteiger partial charge is 0.427 e. The van der Waals surface area contributed by atoms with Gasteiger partial charge in [-0.3, -0.25) is 0 Å². The number of nitrogens with one attached hydrogen (secondary N) is 1. The Morgan fingerprint density at radius 2 is 2.35 bits per heavy atom. The zero-order chi connectivity index (χ0) is 12.1. The molecule has 1 amide bonds. The van der Waals surface area contributed by atoms with Crippen molar-refractivity contribution in [2.45, 2.75) is 13.3 Å². The summed E-state index contributed by atoms with van der Waals surface area (Å²) < 4.78 is 10.2. The van der Waals surface area contributed by atoms with Crippen LogP contribution in [0.25, 0.3) is 0 Å². The fourth-order valence-electron chi connectivity index (χ4n) is 1.62. The molecular formula is C12H14N2O3. The molecule has 1 aromatic rings. The van der Waals surface area contributed by atoms with Crippen molar-refractivity contribution in [2.75, 3.05) is 13.2 Å². The van der Waals surface area contributed by atoms with Gasteiger partial charge in [-0.25, -0.2) is 10.2 Å². The van der Waals surface area contributed by atoms with Gasteiger partial charge in [-0.1, -0.05) is 12.1 Å². The Hall–Kier alpha value is -2.04. The maximum Gasteiger partial charge on any atom is 0.427 e. The Labute approximate surface area is 99.4 Å². The van der Waals surface area contributed by atoms with E-state index in [1.54, 1.807) is 6.92 Å². The van der Waals surface area contributed by atoms with E-state index in [4.69, 9.17) is 9.47 Å². The van der Waals surface area contributed by atoms with E-state index >= 15 is 0 Å². The van der Waals surface area contributed by atoms with E-state index in [1.165, 1.54) is 0 Å². The van der Waals surface area contributed by atoms with Crippen LogP contribution < -0.4 is 10.2 Å². The van der Waals surface area contributed by atoms with E-state index in [2.05, 4.69) is 10.5 Å². The third-order valence-corrected chi connectivity index (χ3v) is 2.35. The molecular weight excluding hydrogens is 220 g/mol. The Morgan fingerprint density at radius 3 is 3.18 bits per heavy atom. The first-order valence-corrected chi connectivity index (χ1v) is 5.52. The fraction of sp³-hybridized carbons (Fsp3) is 0.333. The summed E-state index contributed by atoms with van der Waals surface area (Å²) in [5, 5.41) is 4.06. The molecule has 0 bridgehead atoms. The number of hydrogen-bond acceptors (Lipinski definition) is 4. The van der Waals surface area contributed by atoms with E-state index in [1.807, 2.05) is 24.3 Å². The van der Waals surface area contributed by atoms with Crippen LogP contribution in [0.5, 0.6) is 5.75 Å². The molecule has 5 nitrogen and oxygen atoms in total. The van der Waals surface area contributed by atoms with Crippen LogP contribution in [-0.4, -0.2) is 25.0 Å². The number of rotatable bonds is 2. The molecule has 0 radical (unpaired) electrons. The van der Waals surface area contributed by atoms with E-state index in [9.17, 15) is 4.79 Å². The lowest BCUT2D eigenvalue weighted by atomic mass is 10.0. The van der Waals surface area contributed by atoms with Gasteiger partial charge < -0.3 is 9.47 Å². The van der Waals surface area contributed by atoms with Gasteiger partial charge in [0.25, 0.3) is 0 Å². The lowest BCUT2D eigenvalue weighted by Gasteiger charge is -2.18. The predicted octanol–water partition coefficient (Wildman–Crippen LogP) is 1.92. The van der Waals surface area contributed by atoms with Crippen LogP contribution in [0.3, 0.4) is 0 Å². The summed E-state index contributed by atoms with van der Waals surface area (Å²) in [7, 11) is 0. The minimum Gasteiger partial charge on any atom is -0.492 e. The molecule has 17 heavy (non-hydrogen) atoms. The number of hydrazone groups is 1. The summed E-state index contributed by atoms with van der Waals surface area (Å²) in [6.45, 7) is 2.65. The van der Waals surface area contributed by atoms with Crippen LogP contribution in [0.2, 0.25) is 0 Å². The Kier molecular flexibility index (Phi) is 3.59. The lowest BCUT2D eigenvalue weighted by Crippen LogP contribution is -2.24. The predicted molar refractivity (Wildman–Crippen MR) is 63.2 cm³/mol. The van der Waals surface area contributed by atoms with Crippen molar-refractivity contribution in [3.05, 3.63) is 29.8 Å². The Morgan fingerprint density at radius 1 is 1.53 bits per heavy atom. The minimum atomic E-state index is -0.538. The van der Waals surface area contributed by atoms with Crippen molar-refractivity contribution in [1.82, 2.24) is 5.43 Å². The van der Waals surface area contributed by atoms with E-state index < -0.39 is 6.09 Å².